The Labute approximate surface area is 117 Å². The first-order chi connectivity index (χ1) is 8.52. The Kier molecular flexibility index (Phi) is 6.28. The van der Waals surface area contributed by atoms with E-state index in [2.05, 4.69) is 15.9 Å². The Bertz CT molecular complexity index is 459. The fourth-order valence-corrected chi connectivity index (χ4v) is 3.29. The zero-order valence-corrected chi connectivity index (χ0v) is 12.7. The van der Waals surface area contributed by atoms with Gasteiger partial charge in [0.15, 0.2) is 0 Å². The number of hydrogen-bond acceptors (Lipinski definition) is 3. The van der Waals surface area contributed by atoms with E-state index >= 15 is 0 Å². The second kappa shape index (κ2) is 7.23. The molecule has 0 aromatic heterocycles. The Morgan fingerprint density at radius 2 is 1.83 bits per heavy atom. The van der Waals surface area contributed by atoms with Crippen molar-refractivity contribution in [1.82, 2.24) is 4.31 Å². The molecule has 4 nitrogen and oxygen atoms in total. The monoisotopic (exact) mass is 335 g/mol. The third-order valence-electron chi connectivity index (χ3n) is 2.56. The highest BCUT2D eigenvalue weighted by molar-refractivity contribution is 9.10. The number of halogens is 1. The molecule has 0 atom stereocenters. The molecule has 0 fully saturated rings. The molecular weight excluding hydrogens is 318 g/mol. The van der Waals surface area contributed by atoms with Crippen LogP contribution < -0.4 is 0 Å². The second-order valence-corrected chi connectivity index (χ2v) is 6.79. The Balaban J connectivity index is 2.96. The molecule has 0 bridgehead atoms. The topological polar surface area (TPSA) is 57.6 Å². The molecular formula is C12H18BrNO3S. The van der Waals surface area contributed by atoms with E-state index in [1.54, 1.807) is 24.3 Å². The number of aliphatic hydroxyl groups is 1. The molecule has 0 saturated carbocycles. The molecule has 0 saturated heterocycles. The predicted octanol–water partition coefficient (Wildman–Crippen LogP) is 2.23. The number of unbranched alkanes of at least 4 members (excludes halogenated alkanes) is 1. The fourth-order valence-electron chi connectivity index (χ4n) is 1.55. The van der Waals surface area contributed by atoms with Crippen LogP contribution in [0.2, 0.25) is 0 Å². The number of sulfonamides is 1. The van der Waals surface area contributed by atoms with Gasteiger partial charge in [-0.2, -0.15) is 4.31 Å². The largest absolute Gasteiger partial charge is 0.395 e. The number of aliphatic hydroxyl groups excluding tert-OH is 1. The number of benzene rings is 1. The minimum atomic E-state index is -3.50. The molecule has 0 radical (unpaired) electrons. The first-order valence-corrected chi connectivity index (χ1v) is 8.12. The van der Waals surface area contributed by atoms with Gasteiger partial charge in [0.25, 0.3) is 0 Å². The number of hydrogen-bond donors (Lipinski definition) is 1. The molecule has 1 aromatic rings. The summed E-state index contributed by atoms with van der Waals surface area (Å²) in [5.74, 6) is 0. The van der Waals surface area contributed by atoms with Crippen LogP contribution in [0.4, 0.5) is 0 Å². The summed E-state index contributed by atoms with van der Waals surface area (Å²) in [6.45, 7) is 2.41. The molecule has 0 spiro atoms. The van der Waals surface area contributed by atoms with Crippen molar-refractivity contribution in [2.75, 3.05) is 19.7 Å². The van der Waals surface area contributed by atoms with Gasteiger partial charge in [-0.05, 0) is 30.7 Å². The molecule has 1 N–H and O–H groups in total. The summed E-state index contributed by atoms with van der Waals surface area (Å²) in [6, 6.07) is 6.53. The Hall–Kier alpha value is -0.430. The molecule has 1 aromatic carbocycles. The van der Waals surface area contributed by atoms with Crippen LogP contribution >= 0.6 is 15.9 Å². The van der Waals surface area contributed by atoms with Crippen LogP contribution in [0.15, 0.2) is 33.6 Å². The van der Waals surface area contributed by atoms with E-state index < -0.39 is 10.0 Å². The molecule has 0 heterocycles. The van der Waals surface area contributed by atoms with Crippen molar-refractivity contribution in [2.45, 2.75) is 24.7 Å². The molecule has 102 valence electrons. The van der Waals surface area contributed by atoms with Gasteiger partial charge >= 0.3 is 0 Å². The van der Waals surface area contributed by atoms with Gasteiger partial charge in [-0.3, -0.25) is 0 Å². The van der Waals surface area contributed by atoms with Crippen LogP contribution in [-0.4, -0.2) is 37.5 Å². The molecule has 0 aliphatic heterocycles. The van der Waals surface area contributed by atoms with Crippen molar-refractivity contribution in [1.29, 1.82) is 0 Å². The summed E-state index contributed by atoms with van der Waals surface area (Å²) >= 11 is 3.27. The maximum atomic E-state index is 12.3. The number of nitrogens with zero attached hydrogens (tertiary/aromatic N) is 1. The van der Waals surface area contributed by atoms with E-state index in [1.165, 1.54) is 4.31 Å². The summed E-state index contributed by atoms with van der Waals surface area (Å²) in [5, 5.41) is 8.98. The van der Waals surface area contributed by atoms with Crippen molar-refractivity contribution < 1.29 is 13.5 Å². The van der Waals surface area contributed by atoms with E-state index in [9.17, 15) is 8.42 Å². The van der Waals surface area contributed by atoms with Crippen LogP contribution in [0.1, 0.15) is 19.8 Å². The summed E-state index contributed by atoms with van der Waals surface area (Å²) in [4.78, 5) is 0.259. The van der Waals surface area contributed by atoms with Crippen molar-refractivity contribution in [2.24, 2.45) is 0 Å². The highest BCUT2D eigenvalue weighted by Gasteiger charge is 2.23. The van der Waals surface area contributed by atoms with E-state index in [4.69, 9.17) is 5.11 Å². The summed E-state index contributed by atoms with van der Waals surface area (Å²) in [6.07, 6.45) is 1.70. The van der Waals surface area contributed by atoms with Gasteiger partial charge < -0.3 is 5.11 Å². The molecule has 18 heavy (non-hydrogen) atoms. The van der Waals surface area contributed by atoms with Gasteiger partial charge in [0.05, 0.1) is 11.5 Å². The Morgan fingerprint density at radius 1 is 1.22 bits per heavy atom. The lowest BCUT2D eigenvalue weighted by Gasteiger charge is -2.21. The standard InChI is InChI=1S/C12H18BrNO3S/c1-2-3-8-14(9-10-15)18(16,17)12-6-4-11(13)5-7-12/h4-7,15H,2-3,8-10H2,1H3. The van der Waals surface area contributed by atoms with Gasteiger partial charge in [0.1, 0.15) is 0 Å². The van der Waals surface area contributed by atoms with Crippen LogP contribution in [0.25, 0.3) is 0 Å². The molecule has 0 amide bonds. The van der Waals surface area contributed by atoms with Gasteiger partial charge in [-0.15, -0.1) is 0 Å². The maximum absolute atomic E-state index is 12.3. The molecule has 0 unspecified atom stereocenters. The van der Waals surface area contributed by atoms with Gasteiger partial charge in [-0.1, -0.05) is 29.3 Å². The van der Waals surface area contributed by atoms with Crippen molar-refractivity contribution in [3.05, 3.63) is 28.7 Å². The summed E-state index contributed by atoms with van der Waals surface area (Å²) < 4.78 is 26.8. The summed E-state index contributed by atoms with van der Waals surface area (Å²) in [5.41, 5.74) is 0. The van der Waals surface area contributed by atoms with Crippen LogP contribution in [-0.2, 0) is 10.0 Å². The van der Waals surface area contributed by atoms with Crippen LogP contribution in [0, 0.1) is 0 Å². The quantitative estimate of drug-likeness (QED) is 0.831. The minimum Gasteiger partial charge on any atom is -0.395 e. The zero-order chi connectivity index (χ0) is 13.6. The van der Waals surface area contributed by atoms with E-state index in [0.29, 0.717) is 6.54 Å². The van der Waals surface area contributed by atoms with E-state index in [-0.39, 0.29) is 18.0 Å². The van der Waals surface area contributed by atoms with Gasteiger partial charge in [-0.25, -0.2) is 8.42 Å². The Morgan fingerprint density at radius 3 is 2.33 bits per heavy atom. The molecule has 0 aliphatic carbocycles. The average Bonchev–Trinajstić information content (AvgIpc) is 2.35. The zero-order valence-electron chi connectivity index (χ0n) is 10.3. The van der Waals surface area contributed by atoms with Crippen LogP contribution in [0.3, 0.4) is 0 Å². The second-order valence-electron chi connectivity index (χ2n) is 3.94. The highest BCUT2D eigenvalue weighted by atomic mass is 79.9. The van der Waals surface area contributed by atoms with Gasteiger partial charge in [0, 0.05) is 17.6 Å². The highest BCUT2D eigenvalue weighted by Crippen LogP contribution is 2.19. The smallest absolute Gasteiger partial charge is 0.243 e. The van der Waals surface area contributed by atoms with E-state index in [0.717, 1.165) is 17.3 Å². The molecule has 6 heteroatoms. The molecule has 1 rings (SSSR count). The minimum absolute atomic E-state index is 0.137. The third-order valence-corrected chi connectivity index (χ3v) is 5.00. The van der Waals surface area contributed by atoms with E-state index in [1.807, 2.05) is 6.92 Å². The lowest BCUT2D eigenvalue weighted by atomic mass is 10.3. The normalized spacial score (nSPS) is 12.0. The predicted molar refractivity (Wildman–Crippen MR) is 74.9 cm³/mol. The lowest BCUT2D eigenvalue weighted by Crippen LogP contribution is -2.34. The number of rotatable bonds is 7. The fraction of sp³-hybridized carbons (Fsp3) is 0.500. The molecule has 0 aliphatic rings. The first kappa shape index (κ1) is 15.6. The van der Waals surface area contributed by atoms with Crippen molar-refractivity contribution in [3.8, 4) is 0 Å². The van der Waals surface area contributed by atoms with Gasteiger partial charge in [0.2, 0.25) is 10.0 Å². The van der Waals surface area contributed by atoms with Crippen molar-refractivity contribution in [3.63, 3.8) is 0 Å². The van der Waals surface area contributed by atoms with Crippen LogP contribution in [0.5, 0.6) is 0 Å². The average molecular weight is 336 g/mol. The maximum Gasteiger partial charge on any atom is 0.243 e. The SMILES string of the molecule is CCCCN(CCO)S(=O)(=O)c1ccc(Br)cc1. The lowest BCUT2D eigenvalue weighted by molar-refractivity contribution is 0.252. The summed E-state index contributed by atoms with van der Waals surface area (Å²) in [7, 11) is -3.50. The third kappa shape index (κ3) is 4.05. The first-order valence-electron chi connectivity index (χ1n) is 5.89. The van der Waals surface area contributed by atoms with Crippen molar-refractivity contribution >= 4 is 26.0 Å².